The number of hydrogen-bond acceptors (Lipinski definition) is 5. The molecule has 2 aromatic carbocycles. The molecular formula is C28H29N5O2. The molecule has 0 amide bonds. The summed E-state index contributed by atoms with van der Waals surface area (Å²) in [7, 11) is 0. The number of para-hydroxylation sites is 2. The van der Waals surface area contributed by atoms with Gasteiger partial charge in [-0.2, -0.15) is 0 Å². The predicted molar refractivity (Wildman–Crippen MR) is 138 cm³/mol. The second kappa shape index (κ2) is 8.89. The van der Waals surface area contributed by atoms with Crippen molar-refractivity contribution in [1.82, 2.24) is 24.1 Å². The summed E-state index contributed by atoms with van der Waals surface area (Å²) < 4.78 is 9.54. The summed E-state index contributed by atoms with van der Waals surface area (Å²) >= 11 is 0. The molecular weight excluding hydrogens is 438 g/mol. The molecule has 3 aromatic heterocycles. The van der Waals surface area contributed by atoms with Crippen LogP contribution in [0.4, 0.5) is 0 Å². The van der Waals surface area contributed by atoms with Crippen LogP contribution in [0.15, 0.2) is 53.3 Å². The first-order valence-electron chi connectivity index (χ1n) is 12.5. The van der Waals surface area contributed by atoms with Gasteiger partial charge in [-0.1, -0.05) is 37.6 Å². The molecule has 178 valence electrons. The zero-order chi connectivity index (χ0) is 23.9. The minimum absolute atomic E-state index is 0.0431. The van der Waals surface area contributed by atoms with E-state index in [1.165, 1.54) is 12.0 Å². The second-order valence-electron chi connectivity index (χ2n) is 9.40. The van der Waals surface area contributed by atoms with Crippen molar-refractivity contribution >= 4 is 33.2 Å². The summed E-state index contributed by atoms with van der Waals surface area (Å²) in [4.78, 5) is 28.7. The monoisotopic (exact) mass is 467 g/mol. The predicted octanol–water partition coefficient (Wildman–Crippen LogP) is 5.11. The lowest BCUT2D eigenvalue weighted by molar-refractivity contribution is 0.0955. The van der Waals surface area contributed by atoms with Crippen molar-refractivity contribution in [2.45, 2.75) is 58.6 Å². The molecule has 0 unspecified atom stereocenters. The third-order valence-electron chi connectivity index (χ3n) is 6.98. The highest BCUT2D eigenvalue weighted by Crippen LogP contribution is 2.29. The normalized spacial score (nSPS) is 16.1. The Hall–Kier alpha value is -3.58. The van der Waals surface area contributed by atoms with Gasteiger partial charge in [0.1, 0.15) is 16.7 Å². The average Bonchev–Trinajstić information content (AvgIpc) is 3.50. The number of aromatic nitrogens is 5. The molecule has 6 rings (SSSR count). The summed E-state index contributed by atoms with van der Waals surface area (Å²) in [5.74, 6) is 0.672. The van der Waals surface area contributed by atoms with Crippen LogP contribution in [-0.2, 0) is 17.7 Å². The van der Waals surface area contributed by atoms with Crippen LogP contribution in [0.5, 0.6) is 0 Å². The highest BCUT2D eigenvalue weighted by Gasteiger charge is 2.24. The van der Waals surface area contributed by atoms with E-state index in [0.29, 0.717) is 34.6 Å². The molecule has 4 heterocycles. The van der Waals surface area contributed by atoms with Gasteiger partial charge in [0.05, 0.1) is 23.7 Å². The van der Waals surface area contributed by atoms with Crippen molar-refractivity contribution in [1.29, 1.82) is 0 Å². The molecule has 35 heavy (non-hydrogen) atoms. The Bertz CT molecular complexity index is 1590. The quantitative estimate of drug-likeness (QED) is 0.347. The van der Waals surface area contributed by atoms with Crippen molar-refractivity contribution in [2.24, 2.45) is 0 Å². The topological polar surface area (TPSA) is 74.8 Å². The number of fused-ring (bicyclic) bond motifs is 4. The fraction of sp³-hybridized carbons (Fsp3) is 0.357. The van der Waals surface area contributed by atoms with Gasteiger partial charge in [0.25, 0.3) is 5.56 Å². The Kier molecular flexibility index (Phi) is 5.57. The number of rotatable bonds is 6. The van der Waals surface area contributed by atoms with Gasteiger partial charge in [-0.3, -0.25) is 13.9 Å². The molecule has 0 saturated carbocycles. The summed E-state index contributed by atoms with van der Waals surface area (Å²) in [6.45, 7) is 5.35. The number of ether oxygens (including phenoxy) is 1. The van der Waals surface area contributed by atoms with Crippen LogP contribution in [0.3, 0.4) is 0 Å². The standard InChI is InChI=1S/C28H29N5O2/c1-3-4-8-19-12-14-20(15-13-19)33-26-24(25-27(33)31-23-11-6-5-10-22(23)30-25)28(34)32(18(2)29-26)17-21-9-7-16-35-21/h5-6,10-15,21H,3-4,7-9,16-17H2,1-2H3/t21-/m0/s1. The Balaban J connectivity index is 1.62. The molecule has 0 radical (unpaired) electrons. The maximum atomic E-state index is 13.9. The Morgan fingerprint density at radius 3 is 2.49 bits per heavy atom. The van der Waals surface area contributed by atoms with Gasteiger partial charge in [0.2, 0.25) is 0 Å². The zero-order valence-corrected chi connectivity index (χ0v) is 20.2. The zero-order valence-electron chi connectivity index (χ0n) is 20.2. The molecule has 5 aromatic rings. The van der Waals surface area contributed by atoms with E-state index in [-0.39, 0.29) is 11.7 Å². The van der Waals surface area contributed by atoms with Crippen LogP contribution in [0.2, 0.25) is 0 Å². The first-order chi connectivity index (χ1) is 17.1. The first-order valence-corrected chi connectivity index (χ1v) is 12.5. The van der Waals surface area contributed by atoms with Gasteiger partial charge in [-0.15, -0.1) is 0 Å². The van der Waals surface area contributed by atoms with E-state index in [4.69, 9.17) is 19.7 Å². The first kappa shape index (κ1) is 21.9. The minimum Gasteiger partial charge on any atom is -0.376 e. The van der Waals surface area contributed by atoms with Gasteiger partial charge in [0, 0.05) is 12.3 Å². The van der Waals surface area contributed by atoms with Gasteiger partial charge >= 0.3 is 0 Å². The van der Waals surface area contributed by atoms with Crippen molar-refractivity contribution < 1.29 is 4.74 Å². The van der Waals surface area contributed by atoms with E-state index in [1.807, 2.05) is 35.8 Å². The van der Waals surface area contributed by atoms with Gasteiger partial charge in [-0.25, -0.2) is 15.0 Å². The summed E-state index contributed by atoms with van der Waals surface area (Å²) in [6.07, 6.45) is 5.41. The maximum absolute atomic E-state index is 13.9. The Labute approximate surface area is 203 Å². The number of nitrogens with zero attached hydrogens (tertiary/aromatic N) is 5. The largest absolute Gasteiger partial charge is 0.376 e. The van der Waals surface area contributed by atoms with E-state index >= 15 is 0 Å². The maximum Gasteiger partial charge on any atom is 0.265 e. The smallest absolute Gasteiger partial charge is 0.265 e. The SMILES string of the molecule is CCCCc1ccc(-n2c3nc4ccccc4nc3c3c(=O)n(C[C@@H]4CCCO4)c(C)nc32)cc1. The number of unbranched alkanes of at least 4 members (excludes halogenated alkanes) is 1. The number of benzene rings is 2. The molecule has 0 aliphatic carbocycles. The molecule has 7 nitrogen and oxygen atoms in total. The van der Waals surface area contributed by atoms with E-state index in [1.54, 1.807) is 4.57 Å². The van der Waals surface area contributed by atoms with E-state index in [0.717, 1.165) is 49.0 Å². The van der Waals surface area contributed by atoms with Crippen LogP contribution in [0.1, 0.15) is 44.0 Å². The van der Waals surface area contributed by atoms with Gasteiger partial charge in [-0.05, 0) is 62.4 Å². The molecule has 0 N–H and O–H groups in total. The molecule has 1 saturated heterocycles. The average molecular weight is 468 g/mol. The third-order valence-corrected chi connectivity index (χ3v) is 6.98. The molecule has 1 atom stereocenters. The van der Waals surface area contributed by atoms with Crippen molar-refractivity contribution in [3.05, 3.63) is 70.3 Å². The van der Waals surface area contributed by atoms with Crippen molar-refractivity contribution in [2.75, 3.05) is 6.61 Å². The highest BCUT2D eigenvalue weighted by atomic mass is 16.5. The fourth-order valence-electron chi connectivity index (χ4n) is 5.07. The minimum atomic E-state index is -0.0871. The highest BCUT2D eigenvalue weighted by molar-refractivity contribution is 6.05. The van der Waals surface area contributed by atoms with Crippen LogP contribution in [0, 0.1) is 6.92 Å². The summed E-state index contributed by atoms with van der Waals surface area (Å²) in [6, 6.07) is 16.3. The van der Waals surface area contributed by atoms with Crippen LogP contribution in [0.25, 0.3) is 38.9 Å². The lowest BCUT2D eigenvalue weighted by Crippen LogP contribution is -2.29. The molecule has 0 spiro atoms. The molecule has 0 bridgehead atoms. The number of aryl methyl sites for hydroxylation is 2. The van der Waals surface area contributed by atoms with E-state index < -0.39 is 0 Å². The molecule has 1 aliphatic rings. The van der Waals surface area contributed by atoms with E-state index in [9.17, 15) is 4.79 Å². The summed E-state index contributed by atoms with van der Waals surface area (Å²) in [5, 5.41) is 0.511. The van der Waals surface area contributed by atoms with Crippen LogP contribution in [-0.4, -0.2) is 36.8 Å². The Morgan fingerprint density at radius 1 is 1.00 bits per heavy atom. The second-order valence-corrected chi connectivity index (χ2v) is 9.40. The van der Waals surface area contributed by atoms with E-state index in [2.05, 4.69) is 31.2 Å². The van der Waals surface area contributed by atoms with Gasteiger partial charge < -0.3 is 4.74 Å². The van der Waals surface area contributed by atoms with Crippen molar-refractivity contribution in [3.8, 4) is 5.69 Å². The summed E-state index contributed by atoms with van der Waals surface area (Å²) in [5.41, 5.74) is 5.54. The molecule has 7 heteroatoms. The van der Waals surface area contributed by atoms with Crippen LogP contribution >= 0.6 is 0 Å². The van der Waals surface area contributed by atoms with Gasteiger partial charge in [0.15, 0.2) is 11.3 Å². The fourth-order valence-corrected chi connectivity index (χ4v) is 5.07. The lowest BCUT2D eigenvalue weighted by atomic mass is 10.1. The Morgan fingerprint density at radius 2 is 1.77 bits per heavy atom. The molecule has 1 aliphatic heterocycles. The van der Waals surface area contributed by atoms with Crippen LogP contribution < -0.4 is 5.56 Å². The number of hydrogen-bond donors (Lipinski definition) is 0. The third kappa shape index (κ3) is 3.80. The lowest BCUT2D eigenvalue weighted by Gasteiger charge is -2.14. The van der Waals surface area contributed by atoms with Crippen molar-refractivity contribution in [3.63, 3.8) is 0 Å². The molecule has 1 fully saturated rings.